The third-order valence-corrected chi connectivity index (χ3v) is 26.1. The molecule has 0 aromatic carbocycles. The lowest BCUT2D eigenvalue weighted by Crippen LogP contribution is -2.70. The molecule has 38 atom stereocenters. The number of carbonyl (C=O) groups is 1. The van der Waals surface area contributed by atoms with E-state index in [1.54, 1.807) is 0 Å². The summed E-state index contributed by atoms with van der Waals surface area (Å²) in [5.74, 6) is -1.50. The SMILES string of the molecule is C[C@@H]1O[C@@H](O[C@H]2[C@H](OC(=O)[C@]34CCC(C)(C)CC3C3=CCC5[C@@]6(C)C[C@H](O)[C@H](O[C@@H]7O[C@H](CO)[C@@H](O)[C@H](O[C@@H]8OC[C@@H](O)[C@H](O)[C@H]8O)[C@H]7O)[C@@](C)(CO)C6CC[C@@]5(C)[C@]3(C)CC4)OC[C@H](O)[C@@H]2O)[C@H](O)[C@H](O[C@@H]2OC[C@](O)(CO)[C@H]2O)[C@H]1O[C@@H]1OC[C@@H](O)[C@H](O[C@@H]2OC[C@](O)(CO)[C@H]2O)[C@H]1O. The maximum Gasteiger partial charge on any atom is 0.315 e. The Bertz CT molecular complexity index is 2900. The van der Waals surface area contributed by atoms with Crippen molar-refractivity contribution in [2.24, 2.45) is 50.2 Å². The summed E-state index contributed by atoms with van der Waals surface area (Å²) < 4.78 is 83.5. The van der Waals surface area contributed by atoms with E-state index in [-0.39, 0.29) is 23.7 Å². The average molecular weight is 1460 g/mol. The predicted octanol–water partition coefficient (Wildman–Crippen LogP) is -6.39. The molecule has 0 amide bonds. The smallest absolute Gasteiger partial charge is 0.315 e. The Morgan fingerprint density at radius 2 is 1.03 bits per heavy atom. The largest absolute Gasteiger partial charge is 0.432 e. The highest BCUT2D eigenvalue weighted by molar-refractivity contribution is 5.79. The van der Waals surface area contributed by atoms with E-state index >= 15 is 4.79 Å². The van der Waals surface area contributed by atoms with Gasteiger partial charge in [0.15, 0.2) is 43.8 Å². The second kappa shape index (κ2) is 29.1. The summed E-state index contributed by atoms with van der Waals surface area (Å²) in [5.41, 5.74) is -7.66. The van der Waals surface area contributed by atoms with Crippen molar-refractivity contribution in [2.75, 3.05) is 59.5 Å². The fraction of sp³-hybridized carbons (Fsp3) is 0.955. The fourth-order valence-electron chi connectivity index (χ4n) is 19.7. The molecule has 34 nitrogen and oxygen atoms in total. The minimum atomic E-state index is -2.24. The Labute approximate surface area is 583 Å². The molecule has 11 fully saturated rings. The number of hydrogen-bond acceptors (Lipinski definition) is 34. The Morgan fingerprint density at radius 1 is 0.495 bits per heavy atom. The van der Waals surface area contributed by atoms with Gasteiger partial charge in [-0.1, -0.05) is 53.2 Å². The molecule has 19 N–H and O–H groups in total. The van der Waals surface area contributed by atoms with Gasteiger partial charge in [-0.15, -0.1) is 0 Å². The zero-order chi connectivity index (χ0) is 73.4. The Balaban J connectivity index is 0.771. The summed E-state index contributed by atoms with van der Waals surface area (Å²) in [6.07, 6.45) is -40.6. The zero-order valence-corrected chi connectivity index (χ0v) is 57.8. The lowest BCUT2D eigenvalue weighted by molar-refractivity contribution is -0.383. The third-order valence-electron chi connectivity index (χ3n) is 26.1. The van der Waals surface area contributed by atoms with Crippen LogP contribution in [0, 0.1) is 50.2 Å². The van der Waals surface area contributed by atoms with Crippen molar-refractivity contribution < 1.29 is 168 Å². The summed E-state index contributed by atoms with van der Waals surface area (Å²) in [4.78, 5) is 15.7. The van der Waals surface area contributed by atoms with Crippen molar-refractivity contribution in [3.05, 3.63) is 11.6 Å². The first kappa shape index (κ1) is 78.5. The third kappa shape index (κ3) is 13.3. The molecule has 580 valence electrons. The summed E-state index contributed by atoms with van der Waals surface area (Å²) >= 11 is 0. The van der Waals surface area contributed by atoms with Gasteiger partial charge in [-0.05, 0) is 104 Å². The van der Waals surface area contributed by atoms with Crippen LogP contribution in [0.3, 0.4) is 0 Å². The number of carbonyl (C=O) groups excluding carboxylic acids is 1. The molecule has 0 aromatic heterocycles. The Morgan fingerprint density at radius 3 is 1.64 bits per heavy atom. The molecular formula is C67H108O34. The minimum absolute atomic E-state index is 0.119. The van der Waals surface area contributed by atoms with Gasteiger partial charge in [0.25, 0.3) is 0 Å². The van der Waals surface area contributed by atoms with Gasteiger partial charge in [0.05, 0.1) is 83.2 Å². The van der Waals surface area contributed by atoms with Crippen LogP contribution in [0.15, 0.2) is 11.6 Å². The highest BCUT2D eigenvalue weighted by Crippen LogP contribution is 2.76. The van der Waals surface area contributed by atoms with Crippen molar-refractivity contribution in [3.8, 4) is 0 Å². The predicted molar refractivity (Wildman–Crippen MR) is 332 cm³/mol. The van der Waals surface area contributed by atoms with Crippen LogP contribution in [0.1, 0.15) is 106 Å². The van der Waals surface area contributed by atoms with Crippen molar-refractivity contribution in [1.82, 2.24) is 0 Å². The van der Waals surface area contributed by atoms with Crippen LogP contribution in [-0.4, -0.2) is 346 Å². The fourth-order valence-corrected chi connectivity index (χ4v) is 19.7. The van der Waals surface area contributed by atoms with Crippen LogP contribution >= 0.6 is 0 Å². The number of hydrogen-bond donors (Lipinski definition) is 19. The molecule has 7 saturated heterocycles. The molecule has 3 unspecified atom stereocenters. The maximum absolute atomic E-state index is 15.7. The van der Waals surface area contributed by atoms with Crippen molar-refractivity contribution in [1.29, 1.82) is 0 Å². The Kier molecular flexibility index (Phi) is 22.6. The average Bonchev–Trinajstić information content (AvgIpc) is 0.962. The summed E-state index contributed by atoms with van der Waals surface area (Å²) in [6, 6.07) is 0. The lowest BCUT2D eigenvalue weighted by atomic mass is 9.33. The van der Waals surface area contributed by atoms with Crippen molar-refractivity contribution in [3.63, 3.8) is 0 Å². The first-order valence-corrected chi connectivity index (χ1v) is 35.4. The number of allylic oxidation sites excluding steroid dienone is 2. The lowest BCUT2D eigenvalue weighted by Gasteiger charge is -2.72. The van der Waals surface area contributed by atoms with Crippen LogP contribution in [0.4, 0.5) is 0 Å². The molecule has 7 heterocycles. The minimum Gasteiger partial charge on any atom is -0.432 e. The van der Waals surface area contributed by atoms with Gasteiger partial charge in [-0.25, -0.2) is 0 Å². The molecule has 0 spiro atoms. The molecule has 0 radical (unpaired) electrons. The second-order valence-electron chi connectivity index (χ2n) is 32.7. The van der Waals surface area contributed by atoms with E-state index < -0.39 is 282 Å². The number of esters is 1. The molecule has 34 heteroatoms. The van der Waals surface area contributed by atoms with E-state index in [2.05, 4.69) is 40.7 Å². The van der Waals surface area contributed by atoms with E-state index in [0.29, 0.717) is 51.4 Å². The van der Waals surface area contributed by atoms with Crippen LogP contribution in [0.25, 0.3) is 0 Å². The summed E-state index contributed by atoms with van der Waals surface area (Å²) in [6.45, 7) is 8.31. The summed E-state index contributed by atoms with van der Waals surface area (Å²) in [5, 5.41) is 210. The molecule has 0 aromatic rings. The molecule has 12 aliphatic rings. The van der Waals surface area contributed by atoms with Crippen LogP contribution < -0.4 is 0 Å². The highest BCUT2D eigenvalue weighted by Gasteiger charge is 2.72. The van der Waals surface area contributed by atoms with Crippen molar-refractivity contribution in [2.45, 2.75) is 290 Å². The van der Waals surface area contributed by atoms with Crippen LogP contribution in [0.2, 0.25) is 0 Å². The zero-order valence-electron chi connectivity index (χ0n) is 57.8. The molecular weight excluding hydrogens is 1350 g/mol. The molecule has 4 saturated carbocycles. The van der Waals surface area contributed by atoms with E-state index in [1.807, 2.05) is 6.92 Å². The molecule has 5 aliphatic carbocycles. The number of rotatable bonds is 18. The van der Waals surface area contributed by atoms with Gasteiger partial charge in [-0.2, -0.15) is 0 Å². The molecule has 0 bridgehead atoms. The quantitative estimate of drug-likeness (QED) is 0.0345. The van der Waals surface area contributed by atoms with Gasteiger partial charge in [-0.3, -0.25) is 4.79 Å². The van der Waals surface area contributed by atoms with Gasteiger partial charge in [0, 0.05) is 5.41 Å². The van der Waals surface area contributed by atoms with Gasteiger partial charge in [0.2, 0.25) is 6.29 Å². The van der Waals surface area contributed by atoms with E-state index in [0.717, 1.165) is 5.57 Å². The molecule has 7 aliphatic heterocycles. The maximum atomic E-state index is 15.7. The highest BCUT2D eigenvalue weighted by atomic mass is 16.8. The first-order chi connectivity index (χ1) is 47.4. The second-order valence-corrected chi connectivity index (χ2v) is 32.7. The molecule has 101 heavy (non-hydrogen) atoms. The van der Waals surface area contributed by atoms with Gasteiger partial charge < -0.3 is 163 Å². The first-order valence-electron chi connectivity index (χ1n) is 35.4. The molecule has 12 rings (SSSR count). The Hall–Kier alpha value is -2.07. The van der Waals surface area contributed by atoms with E-state index in [1.165, 1.54) is 6.92 Å². The van der Waals surface area contributed by atoms with Crippen LogP contribution in [0.5, 0.6) is 0 Å². The standard InChI is InChI=1S/C67H108O34/c1-27-44(95-53-41(80)45(33(75)21-89-53)96-57-49(83)66(86,23-70)25-91-57)47(98-58-50(84)67(87,24-71)26-92-58)43(82)54(93-27)99-48-38(77)32(74)20-90-56(48)101-59(85)65-14-12-60(2,3)16-29(65)28-8-9-36-61(4)17-30(72)51(62(5,22-69)35(61)10-11-64(36,7)63(28,6)13-15-65)100-55-42(81)46(39(78)34(18-68)94-55)97-52-40(79)37(76)31(73)19-88-52/h8,27,29-58,68-84,86-87H,9-26H2,1-7H3/t27-,29?,30-,31+,32-,33+,34+,35?,36?,37-,38-,39+,40+,41+,42+,43+,44-,45-,46-,47-,48+,49-,50-,51-,52-,53-,54-,55-,56-,57-,58-,61-,62-,63+,64+,65-,66+,67+/m0/s1. The number of ether oxygens (including phenoxy) is 14. The van der Waals surface area contributed by atoms with Crippen LogP contribution in [-0.2, 0) is 71.1 Å². The number of aliphatic hydroxyl groups is 19. The monoisotopic (exact) mass is 1460 g/mol. The van der Waals surface area contributed by atoms with Gasteiger partial charge in [0.1, 0.15) is 115 Å². The number of fused-ring (bicyclic) bond motifs is 7. The van der Waals surface area contributed by atoms with E-state index in [4.69, 9.17) is 66.3 Å². The number of aliphatic hydroxyl groups excluding tert-OH is 17. The van der Waals surface area contributed by atoms with Crippen molar-refractivity contribution >= 4 is 5.97 Å². The normalized spacial score (nSPS) is 55.1. The van der Waals surface area contributed by atoms with Gasteiger partial charge >= 0.3 is 5.97 Å². The topological polar surface area (TPSA) is 531 Å². The summed E-state index contributed by atoms with van der Waals surface area (Å²) in [7, 11) is 0. The van der Waals surface area contributed by atoms with E-state index in [9.17, 15) is 97.0 Å².